The highest BCUT2D eigenvalue weighted by molar-refractivity contribution is 9.10. The van der Waals surface area contributed by atoms with Crippen molar-refractivity contribution in [3.63, 3.8) is 0 Å². The minimum atomic E-state index is -1.14. The summed E-state index contributed by atoms with van der Waals surface area (Å²) >= 11 is 3.44. The number of halogens is 1. The summed E-state index contributed by atoms with van der Waals surface area (Å²) in [6.07, 6.45) is 5.66. The molecule has 3 aromatic heterocycles. The van der Waals surface area contributed by atoms with Crippen LogP contribution < -0.4 is 0 Å². The van der Waals surface area contributed by atoms with Gasteiger partial charge in [0.15, 0.2) is 0 Å². The average molecular weight is 525 g/mol. The third-order valence-electron chi connectivity index (χ3n) is 4.93. The normalized spacial score (nSPS) is 12.7. The van der Waals surface area contributed by atoms with E-state index in [9.17, 15) is 0 Å². The van der Waals surface area contributed by atoms with Crippen LogP contribution in [-0.2, 0) is 22.9 Å². The lowest BCUT2D eigenvalue weighted by molar-refractivity contribution is 0.0786. The van der Waals surface area contributed by atoms with Crippen LogP contribution in [0, 0.1) is 0 Å². The van der Waals surface area contributed by atoms with Crippen LogP contribution in [0.15, 0.2) is 29.3 Å². The van der Waals surface area contributed by atoms with Gasteiger partial charge in [-0.25, -0.2) is 14.6 Å². The summed E-state index contributed by atoms with van der Waals surface area (Å²) in [5.41, 5.74) is 2.77. The molecule has 3 aromatic rings. The smallest absolute Gasteiger partial charge is 0.146 e. The Bertz CT molecular complexity index is 1010. The van der Waals surface area contributed by atoms with Crippen LogP contribution in [0.5, 0.6) is 0 Å². The quantitative estimate of drug-likeness (QED) is 0.183. The summed E-state index contributed by atoms with van der Waals surface area (Å²) in [6.45, 7) is 16.5. The molecule has 7 nitrogen and oxygen atoms in total. The monoisotopic (exact) mass is 523 g/mol. The van der Waals surface area contributed by atoms with Crippen molar-refractivity contribution in [1.82, 2.24) is 24.3 Å². The number of rotatable bonds is 11. The maximum Gasteiger partial charge on any atom is 0.146 e. The van der Waals surface area contributed by atoms with E-state index in [2.05, 4.69) is 69.9 Å². The minimum absolute atomic E-state index is 0.442. The second-order valence-electron chi connectivity index (χ2n) is 10.3. The number of imidazole rings is 1. The number of ether oxygens (including phenoxy) is 2. The molecule has 0 amide bonds. The predicted molar refractivity (Wildman–Crippen MR) is 135 cm³/mol. The standard InChI is InChI=1S/C21H34BrN5O2Si2/c1-30(2,3)9-7-28-15-26-14-17(12-24-26)21-25-18-11-20(22)23-13-19(18)27(21)16-29-8-10-31(4,5)6/h11-14H,7-10,15-16H2,1-6H3. The molecule has 0 aliphatic rings. The zero-order valence-electron chi connectivity index (χ0n) is 19.5. The molecular formula is C21H34BrN5O2Si2. The third kappa shape index (κ3) is 7.35. The Morgan fingerprint density at radius 3 is 2.23 bits per heavy atom. The van der Waals surface area contributed by atoms with Gasteiger partial charge in [-0.2, -0.15) is 5.10 Å². The molecule has 170 valence electrons. The van der Waals surface area contributed by atoms with Crippen molar-refractivity contribution in [3.8, 4) is 11.4 Å². The van der Waals surface area contributed by atoms with Gasteiger partial charge in [-0.3, -0.25) is 4.57 Å². The van der Waals surface area contributed by atoms with Gasteiger partial charge in [-0.1, -0.05) is 39.3 Å². The fourth-order valence-electron chi connectivity index (χ4n) is 2.97. The Labute approximate surface area is 195 Å². The molecule has 0 spiro atoms. The van der Waals surface area contributed by atoms with Crippen molar-refractivity contribution in [3.05, 3.63) is 29.3 Å². The minimum Gasteiger partial charge on any atom is -0.361 e. The van der Waals surface area contributed by atoms with E-state index in [0.29, 0.717) is 13.5 Å². The van der Waals surface area contributed by atoms with Gasteiger partial charge in [0, 0.05) is 35.6 Å². The van der Waals surface area contributed by atoms with E-state index in [4.69, 9.17) is 14.5 Å². The number of hydrogen-bond acceptors (Lipinski definition) is 5. The molecule has 3 heterocycles. The predicted octanol–water partition coefficient (Wildman–Crippen LogP) is 5.68. The third-order valence-corrected chi connectivity index (χ3v) is 8.77. The molecule has 0 atom stereocenters. The van der Waals surface area contributed by atoms with Crippen LogP contribution in [0.3, 0.4) is 0 Å². The number of aromatic nitrogens is 5. The van der Waals surface area contributed by atoms with Crippen molar-refractivity contribution in [2.24, 2.45) is 0 Å². The molecule has 0 fully saturated rings. The number of pyridine rings is 1. The van der Waals surface area contributed by atoms with Gasteiger partial charge >= 0.3 is 0 Å². The van der Waals surface area contributed by atoms with Crippen LogP contribution in [0.4, 0.5) is 0 Å². The largest absolute Gasteiger partial charge is 0.361 e. The topological polar surface area (TPSA) is 67.0 Å². The van der Waals surface area contributed by atoms with Gasteiger partial charge in [-0.15, -0.1) is 0 Å². The highest BCUT2D eigenvalue weighted by Gasteiger charge is 2.17. The average Bonchev–Trinajstić information content (AvgIpc) is 3.25. The highest BCUT2D eigenvalue weighted by Crippen LogP contribution is 2.26. The first-order valence-corrected chi connectivity index (χ1v) is 18.9. The fourth-order valence-corrected chi connectivity index (χ4v) is 4.80. The van der Waals surface area contributed by atoms with E-state index in [1.807, 2.05) is 29.3 Å². The molecule has 0 unspecified atom stereocenters. The summed E-state index contributed by atoms with van der Waals surface area (Å²) in [6, 6.07) is 4.21. The first-order valence-electron chi connectivity index (χ1n) is 10.7. The lowest BCUT2D eigenvalue weighted by Crippen LogP contribution is -2.22. The molecule has 0 aromatic carbocycles. The van der Waals surface area contributed by atoms with Crippen molar-refractivity contribution < 1.29 is 9.47 Å². The maximum atomic E-state index is 6.04. The van der Waals surface area contributed by atoms with Crippen molar-refractivity contribution >= 4 is 43.1 Å². The molecule has 10 heteroatoms. The van der Waals surface area contributed by atoms with Crippen molar-refractivity contribution in [2.45, 2.75) is 64.8 Å². The van der Waals surface area contributed by atoms with E-state index in [-0.39, 0.29) is 0 Å². The van der Waals surface area contributed by atoms with Gasteiger partial charge in [0.1, 0.15) is 23.9 Å². The molecule has 0 aliphatic heterocycles. The highest BCUT2D eigenvalue weighted by atomic mass is 79.9. The van der Waals surface area contributed by atoms with E-state index in [1.165, 1.54) is 0 Å². The second kappa shape index (κ2) is 10.1. The van der Waals surface area contributed by atoms with E-state index < -0.39 is 16.1 Å². The molecule has 0 bridgehead atoms. The molecular weight excluding hydrogens is 490 g/mol. The lowest BCUT2D eigenvalue weighted by atomic mass is 10.3. The molecule has 0 aliphatic carbocycles. The Hall–Kier alpha value is -1.34. The van der Waals surface area contributed by atoms with Gasteiger partial charge in [-0.05, 0) is 34.1 Å². The summed E-state index contributed by atoms with van der Waals surface area (Å²) < 4.78 is 16.5. The Morgan fingerprint density at radius 1 is 0.935 bits per heavy atom. The van der Waals surface area contributed by atoms with Gasteiger partial charge in [0.05, 0.1) is 29.0 Å². The zero-order chi connectivity index (χ0) is 22.6. The Morgan fingerprint density at radius 2 is 1.58 bits per heavy atom. The molecule has 0 N–H and O–H groups in total. The van der Waals surface area contributed by atoms with Crippen LogP contribution >= 0.6 is 15.9 Å². The number of hydrogen-bond donors (Lipinski definition) is 0. The van der Waals surface area contributed by atoms with E-state index in [1.54, 1.807) is 0 Å². The van der Waals surface area contributed by atoms with E-state index >= 15 is 0 Å². The number of fused-ring (bicyclic) bond motifs is 1. The van der Waals surface area contributed by atoms with Gasteiger partial charge < -0.3 is 9.47 Å². The van der Waals surface area contributed by atoms with Crippen molar-refractivity contribution in [1.29, 1.82) is 0 Å². The van der Waals surface area contributed by atoms with Crippen LogP contribution in [0.1, 0.15) is 0 Å². The Balaban J connectivity index is 1.75. The molecule has 0 radical (unpaired) electrons. The van der Waals surface area contributed by atoms with E-state index in [0.717, 1.165) is 52.3 Å². The molecule has 0 saturated heterocycles. The van der Waals surface area contributed by atoms with Crippen LogP contribution in [0.2, 0.25) is 51.4 Å². The lowest BCUT2D eigenvalue weighted by Gasteiger charge is -2.16. The SMILES string of the molecule is C[Si](C)(C)CCOCn1cc(-c2nc3cc(Br)ncc3n2COCC[Si](C)(C)C)cn1. The summed E-state index contributed by atoms with van der Waals surface area (Å²) in [5.74, 6) is 0.830. The zero-order valence-corrected chi connectivity index (χ0v) is 23.1. The van der Waals surface area contributed by atoms with Crippen molar-refractivity contribution in [2.75, 3.05) is 13.2 Å². The summed E-state index contributed by atoms with van der Waals surface area (Å²) in [4.78, 5) is 9.23. The summed E-state index contributed by atoms with van der Waals surface area (Å²) in [7, 11) is -2.23. The van der Waals surface area contributed by atoms with Gasteiger partial charge in [0.25, 0.3) is 0 Å². The molecule has 3 rings (SSSR count). The second-order valence-corrected chi connectivity index (χ2v) is 22.4. The first kappa shape index (κ1) is 24.3. The maximum absolute atomic E-state index is 6.04. The first-order chi connectivity index (χ1) is 14.5. The van der Waals surface area contributed by atoms with Crippen LogP contribution in [0.25, 0.3) is 22.4 Å². The fraction of sp³-hybridized carbons (Fsp3) is 0.571. The number of nitrogens with zero attached hydrogens (tertiary/aromatic N) is 5. The molecule has 0 saturated carbocycles. The summed E-state index contributed by atoms with van der Waals surface area (Å²) in [5, 5.41) is 4.47. The Kier molecular flexibility index (Phi) is 7.90. The van der Waals surface area contributed by atoms with Gasteiger partial charge in [0.2, 0.25) is 0 Å². The molecule has 31 heavy (non-hydrogen) atoms. The van der Waals surface area contributed by atoms with Crippen LogP contribution in [-0.4, -0.2) is 53.7 Å².